The summed E-state index contributed by atoms with van der Waals surface area (Å²) in [5.41, 5.74) is 0.190. The van der Waals surface area contributed by atoms with Gasteiger partial charge in [0, 0.05) is 24.3 Å². The molecule has 1 unspecified atom stereocenters. The average Bonchev–Trinajstić information content (AvgIpc) is 2.84. The second kappa shape index (κ2) is 16.0. The third kappa shape index (κ3) is 9.97. The minimum Gasteiger partial charge on any atom is -0.496 e. The van der Waals surface area contributed by atoms with Crippen LogP contribution in [0.3, 0.4) is 0 Å². The van der Waals surface area contributed by atoms with Gasteiger partial charge in [0.15, 0.2) is 5.52 Å². The van der Waals surface area contributed by atoms with E-state index in [0.29, 0.717) is 82.9 Å². The topological polar surface area (TPSA) is 72.5 Å². The molecule has 2 rings (SSSR count). The molecule has 7 nitrogen and oxygen atoms in total. The van der Waals surface area contributed by atoms with Gasteiger partial charge in [-0.3, -0.25) is 4.79 Å². The largest absolute Gasteiger partial charge is 1.00 e. The number of carbonyl (C=O) groups excluding carboxylic acids is 1. The van der Waals surface area contributed by atoms with Crippen molar-refractivity contribution in [3.05, 3.63) is 29.8 Å². The van der Waals surface area contributed by atoms with E-state index in [0.717, 1.165) is 0 Å². The van der Waals surface area contributed by atoms with Crippen molar-refractivity contribution in [3.63, 3.8) is 0 Å². The van der Waals surface area contributed by atoms with Gasteiger partial charge in [-0.2, -0.15) is 0 Å². The maximum Gasteiger partial charge on any atom is 1.00 e. The number of methoxy groups -OCH3 is 3. The fourth-order valence-electron chi connectivity index (χ4n) is 3.18. The number of rotatable bonds is 15. The molecule has 0 saturated heterocycles. The number of hydrogen-bond donors (Lipinski definition) is 0. The Kier molecular flexibility index (Phi) is 14.3. The Morgan fingerprint density at radius 1 is 0.649 bits per heavy atom. The van der Waals surface area contributed by atoms with Gasteiger partial charge in [0.05, 0.1) is 46.5 Å². The van der Waals surface area contributed by atoms with E-state index in [1.54, 1.807) is 19.2 Å². The minimum atomic E-state index is -0.295. The van der Waals surface area contributed by atoms with Crippen molar-refractivity contribution in [2.75, 3.05) is 41.2 Å². The quantitative estimate of drug-likeness (QED) is 0.261. The van der Waals surface area contributed by atoms with E-state index < -0.39 is 0 Å². The summed E-state index contributed by atoms with van der Waals surface area (Å²) in [7, 11) is 4.29. The predicted molar refractivity (Wildman–Crippen MR) is 146 cm³/mol. The third-order valence-corrected chi connectivity index (χ3v) is 6.17. The van der Waals surface area contributed by atoms with Crippen LogP contribution in [0.2, 0.25) is 0 Å². The maximum absolute atomic E-state index is 13.7. The number of ether oxygens (including phenoxy) is 6. The molecule has 0 amide bonds. The van der Waals surface area contributed by atoms with Gasteiger partial charge in [0.2, 0.25) is 0 Å². The van der Waals surface area contributed by atoms with Gasteiger partial charge in [-0.1, -0.05) is 41.5 Å². The SMILES string of the molecule is COc1cc(OC)c(C(=O)Pc2c(OCC(C)C)cc(OCC(C)C)cc2OCC(C)C)c(OC)c1.[Li+]. The molecule has 0 heterocycles. The summed E-state index contributed by atoms with van der Waals surface area (Å²) in [6.07, 6.45) is 0. The van der Waals surface area contributed by atoms with Crippen LogP contribution >= 0.6 is 8.58 Å². The van der Waals surface area contributed by atoms with Crippen LogP contribution in [0.4, 0.5) is 0 Å². The molecular weight excluding hydrogens is 486 g/mol. The Balaban J connectivity index is 0.00000684. The molecular formula is C28H41LiO7P+. The van der Waals surface area contributed by atoms with Gasteiger partial charge >= 0.3 is 18.9 Å². The second-order valence-corrected chi connectivity index (χ2v) is 11.0. The van der Waals surface area contributed by atoms with Gasteiger partial charge in [-0.25, -0.2) is 0 Å². The molecule has 0 aliphatic carbocycles. The Morgan fingerprint density at radius 3 is 1.43 bits per heavy atom. The summed E-state index contributed by atoms with van der Waals surface area (Å²) in [6, 6.07) is 7.06. The maximum atomic E-state index is 13.7. The molecule has 0 aliphatic rings. The van der Waals surface area contributed by atoms with Gasteiger partial charge < -0.3 is 28.4 Å². The minimum absolute atomic E-state index is 0. The van der Waals surface area contributed by atoms with Crippen molar-refractivity contribution in [3.8, 4) is 34.5 Å². The van der Waals surface area contributed by atoms with Crippen LogP contribution in [-0.2, 0) is 0 Å². The molecule has 0 aliphatic heterocycles. The predicted octanol–water partition coefficient (Wildman–Crippen LogP) is 2.97. The average molecular weight is 528 g/mol. The zero-order chi connectivity index (χ0) is 26.8. The van der Waals surface area contributed by atoms with Crippen molar-refractivity contribution in [1.29, 1.82) is 0 Å². The first-order valence-electron chi connectivity index (χ1n) is 12.3. The van der Waals surface area contributed by atoms with Crippen LogP contribution in [0.15, 0.2) is 24.3 Å². The molecule has 0 saturated carbocycles. The van der Waals surface area contributed by atoms with E-state index in [-0.39, 0.29) is 33.0 Å². The molecule has 1 atom stereocenters. The van der Waals surface area contributed by atoms with E-state index in [4.69, 9.17) is 28.4 Å². The smallest absolute Gasteiger partial charge is 0.496 e. The van der Waals surface area contributed by atoms with Crippen molar-refractivity contribution < 1.29 is 52.1 Å². The van der Waals surface area contributed by atoms with Crippen LogP contribution in [0.1, 0.15) is 51.9 Å². The van der Waals surface area contributed by atoms with E-state index in [9.17, 15) is 4.79 Å². The van der Waals surface area contributed by atoms with Crippen molar-refractivity contribution in [2.45, 2.75) is 41.5 Å². The van der Waals surface area contributed by atoms with Crippen molar-refractivity contribution in [2.24, 2.45) is 17.8 Å². The van der Waals surface area contributed by atoms with Crippen LogP contribution in [0.25, 0.3) is 0 Å². The van der Waals surface area contributed by atoms with Gasteiger partial charge in [-0.05, 0) is 26.3 Å². The number of hydrogen-bond acceptors (Lipinski definition) is 7. The van der Waals surface area contributed by atoms with E-state index in [1.807, 2.05) is 12.1 Å². The van der Waals surface area contributed by atoms with E-state index in [1.165, 1.54) is 14.2 Å². The summed E-state index contributed by atoms with van der Waals surface area (Å²) in [5.74, 6) is 4.11. The van der Waals surface area contributed by atoms with Gasteiger partial charge in [0.25, 0.3) is 0 Å². The number of carbonyl (C=O) groups is 1. The molecule has 9 heteroatoms. The second-order valence-electron chi connectivity index (χ2n) is 9.77. The fourth-order valence-corrected chi connectivity index (χ4v) is 4.31. The summed E-state index contributed by atoms with van der Waals surface area (Å²) in [5, 5.41) is 0.693. The first kappa shape index (κ1) is 33.0. The van der Waals surface area contributed by atoms with Crippen LogP contribution in [0, 0.1) is 17.8 Å². The molecule has 0 aromatic heterocycles. The van der Waals surface area contributed by atoms with E-state index >= 15 is 0 Å². The molecule has 2 aromatic rings. The van der Waals surface area contributed by atoms with Crippen molar-refractivity contribution >= 4 is 19.4 Å². The molecule has 37 heavy (non-hydrogen) atoms. The first-order chi connectivity index (χ1) is 17.1. The Labute approximate surface area is 235 Å². The molecule has 0 N–H and O–H groups in total. The monoisotopic (exact) mass is 527 g/mol. The number of benzene rings is 2. The first-order valence-corrected chi connectivity index (χ1v) is 13.3. The normalized spacial score (nSPS) is 11.1. The molecule has 0 spiro atoms. The summed E-state index contributed by atoms with van der Waals surface area (Å²) in [6.45, 7) is 14.1. The Morgan fingerprint density at radius 2 is 1.05 bits per heavy atom. The third-order valence-electron chi connectivity index (χ3n) is 4.95. The Hall–Kier alpha value is -2.06. The summed E-state index contributed by atoms with van der Waals surface area (Å²) < 4.78 is 34.8. The zero-order valence-corrected chi connectivity index (χ0v) is 25.0. The standard InChI is InChI=1S/C28H41O7P.Li/c1-17(2)14-33-21-12-24(34-15-18(3)4)27(25(13-21)35-16-19(5)6)36-28(29)26-22(31-8)10-20(30-7)11-23(26)32-9;/h10-13,17-19,36H,14-16H2,1-9H3;/q;+1. The molecule has 0 bridgehead atoms. The Bertz CT molecular complexity index is 950. The van der Waals surface area contributed by atoms with Crippen LogP contribution < -0.4 is 52.6 Å². The summed E-state index contributed by atoms with van der Waals surface area (Å²) >= 11 is 0. The van der Waals surface area contributed by atoms with Gasteiger partial charge in [0.1, 0.15) is 40.1 Å². The molecule has 2 aromatic carbocycles. The van der Waals surface area contributed by atoms with Crippen molar-refractivity contribution in [1.82, 2.24) is 0 Å². The van der Waals surface area contributed by atoms with Gasteiger partial charge in [-0.15, -0.1) is 0 Å². The molecule has 200 valence electrons. The van der Waals surface area contributed by atoms with Crippen LogP contribution in [-0.4, -0.2) is 46.7 Å². The zero-order valence-electron chi connectivity index (χ0n) is 24.0. The molecule has 0 fully saturated rings. The van der Waals surface area contributed by atoms with E-state index in [2.05, 4.69) is 41.5 Å². The fraction of sp³-hybridized carbons (Fsp3) is 0.536. The van der Waals surface area contributed by atoms with Crippen LogP contribution in [0.5, 0.6) is 34.5 Å². The summed E-state index contributed by atoms with van der Waals surface area (Å²) in [4.78, 5) is 13.7. The molecule has 0 radical (unpaired) electrons.